The normalized spacial score (nSPS) is 30.7. The van der Waals surface area contributed by atoms with Crippen LogP contribution in [-0.4, -0.2) is 12.6 Å². The average Bonchev–Trinajstić information content (AvgIpc) is 2.84. The molecule has 2 aliphatic carbocycles. The summed E-state index contributed by atoms with van der Waals surface area (Å²) in [5, 5.41) is 3.94. The SMILES string of the molecule is CCCCCCCC(C)C(CC)NCC1CC2CCCC21. The molecular formula is C20H39N. The quantitative estimate of drug-likeness (QED) is 0.476. The molecule has 5 unspecified atom stereocenters. The molecule has 0 spiro atoms. The average molecular weight is 294 g/mol. The first-order valence-corrected chi connectivity index (χ1v) is 9.99. The zero-order valence-corrected chi connectivity index (χ0v) is 14.9. The molecular weight excluding hydrogens is 254 g/mol. The van der Waals surface area contributed by atoms with Crippen LogP contribution in [0.1, 0.15) is 91.4 Å². The van der Waals surface area contributed by atoms with E-state index in [0.717, 1.165) is 29.7 Å². The van der Waals surface area contributed by atoms with E-state index in [1.54, 1.807) is 0 Å². The van der Waals surface area contributed by atoms with Gasteiger partial charge in [0.25, 0.3) is 0 Å². The summed E-state index contributed by atoms with van der Waals surface area (Å²) in [6.45, 7) is 8.44. The zero-order valence-electron chi connectivity index (χ0n) is 14.9. The van der Waals surface area contributed by atoms with E-state index in [1.807, 2.05) is 0 Å². The minimum Gasteiger partial charge on any atom is -0.313 e. The molecule has 1 heteroatoms. The monoisotopic (exact) mass is 293 g/mol. The van der Waals surface area contributed by atoms with Crippen LogP contribution in [0.3, 0.4) is 0 Å². The molecule has 2 fully saturated rings. The lowest BCUT2D eigenvalue weighted by molar-refractivity contribution is 0.0958. The minimum absolute atomic E-state index is 0.761. The van der Waals surface area contributed by atoms with Gasteiger partial charge in [-0.25, -0.2) is 0 Å². The molecule has 0 saturated heterocycles. The van der Waals surface area contributed by atoms with Crippen LogP contribution < -0.4 is 5.32 Å². The van der Waals surface area contributed by atoms with Crippen LogP contribution in [0.5, 0.6) is 0 Å². The molecule has 124 valence electrons. The minimum atomic E-state index is 0.761. The van der Waals surface area contributed by atoms with E-state index in [0.29, 0.717) is 0 Å². The van der Waals surface area contributed by atoms with Gasteiger partial charge < -0.3 is 5.32 Å². The maximum absolute atomic E-state index is 3.94. The molecule has 1 N–H and O–H groups in total. The van der Waals surface area contributed by atoms with Crippen molar-refractivity contribution in [3.05, 3.63) is 0 Å². The maximum atomic E-state index is 3.94. The van der Waals surface area contributed by atoms with Crippen molar-refractivity contribution in [2.24, 2.45) is 23.7 Å². The Morgan fingerprint density at radius 3 is 2.57 bits per heavy atom. The van der Waals surface area contributed by atoms with E-state index in [1.165, 1.54) is 77.2 Å². The number of fused-ring (bicyclic) bond motifs is 1. The molecule has 0 aromatic carbocycles. The Bertz CT molecular complexity index is 275. The van der Waals surface area contributed by atoms with Gasteiger partial charge in [0.15, 0.2) is 0 Å². The van der Waals surface area contributed by atoms with Crippen LogP contribution in [-0.2, 0) is 0 Å². The first kappa shape index (κ1) is 17.3. The third-order valence-corrected chi connectivity index (χ3v) is 6.46. The van der Waals surface area contributed by atoms with Crippen LogP contribution in [0.25, 0.3) is 0 Å². The predicted octanol–water partition coefficient (Wildman–Crippen LogP) is 5.79. The molecule has 21 heavy (non-hydrogen) atoms. The van der Waals surface area contributed by atoms with Gasteiger partial charge in [-0.2, -0.15) is 0 Å². The smallest absolute Gasteiger partial charge is 0.00901 e. The molecule has 2 saturated carbocycles. The fraction of sp³-hybridized carbons (Fsp3) is 1.00. The Labute approximate surface area is 133 Å². The van der Waals surface area contributed by atoms with E-state index in [9.17, 15) is 0 Å². The van der Waals surface area contributed by atoms with Crippen LogP contribution in [0.4, 0.5) is 0 Å². The molecule has 0 bridgehead atoms. The summed E-state index contributed by atoms with van der Waals surface area (Å²) in [7, 11) is 0. The van der Waals surface area contributed by atoms with E-state index in [2.05, 4.69) is 26.1 Å². The number of hydrogen-bond acceptors (Lipinski definition) is 1. The van der Waals surface area contributed by atoms with Crippen molar-refractivity contribution in [1.82, 2.24) is 5.32 Å². The van der Waals surface area contributed by atoms with E-state index >= 15 is 0 Å². The van der Waals surface area contributed by atoms with Crippen molar-refractivity contribution < 1.29 is 0 Å². The third kappa shape index (κ3) is 4.98. The van der Waals surface area contributed by atoms with Crippen molar-refractivity contribution in [1.29, 1.82) is 0 Å². The second-order valence-electron chi connectivity index (χ2n) is 7.95. The van der Waals surface area contributed by atoms with Crippen LogP contribution in [0, 0.1) is 23.7 Å². The second kappa shape index (κ2) is 9.18. The Balaban J connectivity index is 1.58. The van der Waals surface area contributed by atoms with Gasteiger partial charge in [0.2, 0.25) is 0 Å². The molecule has 5 atom stereocenters. The summed E-state index contributed by atoms with van der Waals surface area (Å²) in [6.07, 6.45) is 15.9. The van der Waals surface area contributed by atoms with Gasteiger partial charge in [-0.05, 0) is 55.9 Å². The lowest BCUT2D eigenvalue weighted by Crippen LogP contribution is -2.44. The lowest BCUT2D eigenvalue weighted by Gasteiger charge is -2.42. The van der Waals surface area contributed by atoms with E-state index in [-0.39, 0.29) is 0 Å². The Morgan fingerprint density at radius 2 is 1.86 bits per heavy atom. The molecule has 2 aliphatic rings. The van der Waals surface area contributed by atoms with Gasteiger partial charge in [-0.3, -0.25) is 0 Å². The third-order valence-electron chi connectivity index (χ3n) is 6.46. The Kier molecular flexibility index (Phi) is 7.57. The van der Waals surface area contributed by atoms with Crippen molar-refractivity contribution >= 4 is 0 Å². The summed E-state index contributed by atoms with van der Waals surface area (Å²) in [5.41, 5.74) is 0. The molecule has 0 radical (unpaired) electrons. The lowest BCUT2D eigenvalue weighted by atomic mass is 9.66. The molecule has 0 aromatic heterocycles. The second-order valence-corrected chi connectivity index (χ2v) is 7.95. The molecule has 0 amide bonds. The summed E-state index contributed by atoms with van der Waals surface area (Å²) < 4.78 is 0. The zero-order chi connectivity index (χ0) is 15.1. The Morgan fingerprint density at radius 1 is 1.05 bits per heavy atom. The van der Waals surface area contributed by atoms with Gasteiger partial charge in [0.05, 0.1) is 0 Å². The number of nitrogens with one attached hydrogen (secondary N) is 1. The topological polar surface area (TPSA) is 12.0 Å². The van der Waals surface area contributed by atoms with Crippen molar-refractivity contribution in [2.75, 3.05) is 6.54 Å². The standard InChI is InChI=1S/C20H39N/c1-4-6-7-8-9-11-16(3)20(5-2)21-15-18-14-17-12-10-13-19(17)18/h16-21H,4-15H2,1-3H3. The van der Waals surface area contributed by atoms with Crippen molar-refractivity contribution in [3.8, 4) is 0 Å². The molecule has 1 nitrogen and oxygen atoms in total. The summed E-state index contributed by atoms with van der Waals surface area (Å²) in [4.78, 5) is 0. The van der Waals surface area contributed by atoms with E-state index in [4.69, 9.17) is 0 Å². The predicted molar refractivity (Wildman–Crippen MR) is 93.6 cm³/mol. The first-order chi connectivity index (χ1) is 10.3. The largest absolute Gasteiger partial charge is 0.313 e. The van der Waals surface area contributed by atoms with Crippen molar-refractivity contribution in [3.63, 3.8) is 0 Å². The van der Waals surface area contributed by atoms with E-state index < -0.39 is 0 Å². The van der Waals surface area contributed by atoms with Crippen LogP contribution in [0.2, 0.25) is 0 Å². The van der Waals surface area contributed by atoms with Gasteiger partial charge in [-0.15, -0.1) is 0 Å². The van der Waals surface area contributed by atoms with Gasteiger partial charge in [-0.1, -0.05) is 65.7 Å². The van der Waals surface area contributed by atoms with Gasteiger partial charge in [0, 0.05) is 6.04 Å². The number of unbranched alkanes of at least 4 members (excludes halogenated alkanes) is 4. The molecule has 0 heterocycles. The summed E-state index contributed by atoms with van der Waals surface area (Å²) in [5.74, 6) is 4.09. The van der Waals surface area contributed by atoms with Crippen LogP contribution in [0.15, 0.2) is 0 Å². The highest BCUT2D eigenvalue weighted by Crippen LogP contribution is 2.50. The Hall–Kier alpha value is -0.0400. The molecule has 2 rings (SSSR count). The fourth-order valence-electron chi connectivity index (χ4n) is 4.90. The fourth-order valence-corrected chi connectivity index (χ4v) is 4.90. The number of rotatable bonds is 11. The van der Waals surface area contributed by atoms with Gasteiger partial charge >= 0.3 is 0 Å². The highest BCUT2D eigenvalue weighted by Gasteiger charge is 2.43. The summed E-state index contributed by atoms with van der Waals surface area (Å²) >= 11 is 0. The van der Waals surface area contributed by atoms with Crippen LogP contribution >= 0.6 is 0 Å². The van der Waals surface area contributed by atoms with Gasteiger partial charge in [0.1, 0.15) is 0 Å². The molecule has 0 aromatic rings. The maximum Gasteiger partial charge on any atom is 0.00901 e. The highest BCUT2D eigenvalue weighted by atomic mass is 14.9. The first-order valence-electron chi connectivity index (χ1n) is 9.99. The summed E-state index contributed by atoms with van der Waals surface area (Å²) in [6, 6.07) is 0.761. The molecule has 0 aliphatic heterocycles. The highest BCUT2D eigenvalue weighted by molar-refractivity contribution is 4.94. The number of hydrogen-bond donors (Lipinski definition) is 1. The van der Waals surface area contributed by atoms with Crippen molar-refractivity contribution in [2.45, 2.75) is 97.4 Å².